The fourth-order valence-electron chi connectivity index (χ4n) is 1.62. The highest BCUT2D eigenvalue weighted by atomic mass is 35.5. The summed E-state index contributed by atoms with van der Waals surface area (Å²) in [5, 5.41) is 4.37. The second-order valence-electron chi connectivity index (χ2n) is 4.03. The van der Waals surface area contributed by atoms with Crippen LogP contribution in [0.15, 0.2) is 28.8 Å². The molecule has 5 heteroatoms. The van der Waals surface area contributed by atoms with Crippen LogP contribution in [0, 0.1) is 6.92 Å². The topological polar surface area (TPSA) is 61.3 Å². The first-order valence-corrected chi connectivity index (χ1v) is 6.10. The second-order valence-corrected chi connectivity index (χ2v) is 4.43. The molecule has 0 fully saturated rings. The number of aromatic nitrogens is 1. The van der Waals surface area contributed by atoms with Crippen molar-refractivity contribution in [3.63, 3.8) is 0 Å². The van der Waals surface area contributed by atoms with Gasteiger partial charge in [-0.1, -0.05) is 22.8 Å². The molecule has 0 aliphatic heterocycles. The summed E-state index contributed by atoms with van der Waals surface area (Å²) in [6.07, 6.45) is 0.807. The Bertz CT molecular complexity index is 525. The maximum Gasteiger partial charge on any atom is 0.174 e. The van der Waals surface area contributed by atoms with Crippen LogP contribution in [-0.2, 0) is 13.0 Å². The standard InChI is InChI=1S/C13H15ClN2O2/c1-9-6-11(18-16-9)8-17-13-3-2-10(4-5-15)7-12(13)14/h2-3,6-7H,4-5,8,15H2,1H3. The van der Waals surface area contributed by atoms with E-state index in [2.05, 4.69) is 5.16 Å². The van der Waals surface area contributed by atoms with Gasteiger partial charge in [0, 0.05) is 6.07 Å². The molecule has 0 aliphatic carbocycles. The van der Waals surface area contributed by atoms with Gasteiger partial charge in [-0.2, -0.15) is 0 Å². The Labute approximate surface area is 111 Å². The summed E-state index contributed by atoms with van der Waals surface area (Å²) in [6, 6.07) is 7.50. The Morgan fingerprint density at radius 1 is 1.39 bits per heavy atom. The van der Waals surface area contributed by atoms with Gasteiger partial charge in [0.05, 0.1) is 10.7 Å². The Kier molecular flexibility index (Phi) is 4.23. The molecule has 2 rings (SSSR count). The summed E-state index contributed by atoms with van der Waals surface area (Å²) >= 11 is 6.12. The number of hydrogen-bond acceptors (Lipinski definition) is 4. The fourth-order valence-corrected chi connectivity index (χ4v) is 1.87. The van der Waals surface area contributed by atoms with Gasteiger partial charge in [0.15, 0.2) is 5.76 Å². The van der Waals surface area contributed by atoms with Crippen molar-refractivity contribution in [2.24, 2.45) is 5.73 Å². The third kappa shape index (κ3) is 3.24. The van der Waals surface area contributed by atoms with Gasteiger partial charge < -0.3 is 15.0 Å². The van der Waals surface area contributed by atoms with E-state index in [-0.39, 0.29) is 0 Å². The third-order valence-electron chi connectivity index (χ3n) is 2.48. The van der Waals surface area contributed by atoms with Crippen LogP contribution in [0.2, 0.25) is 5.02 Å². The third-order valence-corrected chi connectivity index (χ3v) is 2.77. The van der Waals surface area contributed by atoms with Crippen molar-refractivity contribution in [3.05, 3.63) is 46.3 Å². The number of hydrogen-bond donors (Lipinski definition) is 1. The van der Waals surface area contributed by atoms with Crippen molar-refractivity contribution < 1.29 is 9.26 Å². The first-order chi connectivity index (χ1) is 8.69. The van der Waals surface area contributed by atoms with E-state index in [4.69, 9.17) is 26.6 Å². The van der Waals surface area contributed by atoms with Gasteiger partial charge in [-0.3, -0.25) is 0 Å². The van der Waals surface area contributed by atoms with E-state index in [0.717, 1.165) is 17.7 Å². The number of benzene rings is 1. The number of aryl methyl sites for hydroxylation is 1. The molecule has 0 atom stereocenters. The number of halogens is 1. The minimum absolute atomic E-state index is 0.316. The van der Waals surface area contributed by atoms with E-state index in [1.165, 1.54) is 0 Å². The van der Waals surface area contributed by atoms with Gasteiger partial charge in [-0.25, -0.2) is 0 Å². The summed E-state index contributed by atoms with van der Waals surface area (Å²) < 4.78 is 10.6. The highest BCUT2D eigenvalue weighted by Gasteiger charge is 2.06. The van der Waals surface area contributed by atoms with E-state index < -0.39 is 0 Å². The molecule has 0 aliphatic rings. The van der Waals surface area contributed by atoms with Crippen molar-refractivity contribution in [3.8, 4) is 5.75 Å². The molecule has 4 nitrogen and oxygen atoms in total. The predicted octanol–water partition coefficient (Wildman–Crippen LogP) is 2.72. The van der Waals surface area contributed by atoms with Gasteiger partial charge in [-0.05, 0) is 37.6 Å². The Balaban J connectivity index is 2.01. The zero-order valence-corrected chi connectivity index (χ0v) is 10.9. The van der Waals surface area contributed by atoms with Gasteiger partial charge >= 0.3 is 0 Å². The smallest absolute Gasteiger partial charge is 0.174 e. The lowest BCUT2D eigenvalue weighted by Gasteiger charge is -2.07. The maximum absolute atomic E-state index is 6.12. The van der Waals surface area contributed by atoms with Crippen LogP contribution < -0.4 is 10.5 Å². The number of nitrogens with zero attached hydrogens (tertiary/aromatic N) is 1. The van der Waals surface area contributed by atoms with Gasteiger partial charge in [-0.15, -0.1) is 0 Å². The second kappa shape index (κ2) is 5.89. The molecule has 1 aromatic carbocycles. The molecule has 0 saturated carbocycles. The molecular formula is C13H15ClN2O2. The molecule has 0 saturated heterocycles. The SMILES string of the molecule is Cc1cc(COc2ccc(CCN)cc2Cl)on1. The summed E-state index contributed by atoms with van der Waals surface area (Å²) in [6.45, 7) is 2.78. The van der Waals surface area contributed by atoms with Crippen LogP contribution in [0.1, 0.15) is 17.0 Å². The molecule has 1 heterocycles. The van der Waals surface area contributed by atoms with Crippen LogP contribution in [0.5, 0.6) is 5.75 Å². The largest absolute Gasteiger partial charge is 0.484 e. The molecular weight excluding hydrogens is 252 g/mol. The Morgan fingerprint density at radius 3 is 2.83 bits per heavy atom. The molecule has 2 aromatic rings. The monoisotopic (exact) mass is 266 g/mol. The van der Waals surface area contributed by atoms with E-state index in [0.29, 0.717) is 29.7 Å². The number of nitrogens with two attached hydrogens (primary N) is 1. The average molecular weight is 267 g/mol. The minimum atomic E-state index is 0.316. The van der Waals surface area contributed by atoms with Crippen molar-refractivity contribution in [2.45, 2.75) is 20.0 Å². The maximum atomic E-state index is 6.12. The van der Waals surface area contributed by atoms with E-state index >= 15 is 0 Å². The van der Waals surface area contributed by atoms with Crippen molar-refractivity contribution in [2.75, 3.05) is 6.54 Å². The average Bonchev–Trinajstić information content (AvgIpc) is 2.74. The lowest BCUT2D eigenvalue weighted by Crippen LogP contribution is -2.02. The first-order valence-electron chi connectivity index (χ1n) is 5.72. The number of ether oxygens (including phenoxy) is 1. The van der Waals surface area contributed by atoms with Crippen molar-refractivity contribution in [1.82, 2.24) is 5.16 Å². The zero-order valence-electron chi connectivity index (χ0n) is 10.1. The Hall–Kier alpha value is -1.52. The first kappa shape index (κ1) is 12.9. The molecule has 0 radical (unpaired) electrons. The highest BCUT2D eigenvalue weighted by molar-refractivity contribution is 6.32. The van der Waals surface area contributed by atoms with E-state index in [1.807, 2.05) is 31.2 Å². The molecule has 1 aromatic heterocycles. The minimum Gasteiger partial charge on any atom is -0.484 e. The van der Waals surface area contributed by atoms with Crippen LogP contribution in [0.25, 0.3) is 0 Å². The lowest BCUT2D eigenvalue weighted by molar-refractivity contribution is 0.249. The van der Waals surface area contributed by atoms with Gasteiger partial charge in [0.25, 0.3) is 0 Å². The molecule has 96 valence electrons. The van der Waals surface area contributed by atoms with Crippen LogP contribution in [0.3, 0.4) is 0 Å². The van der Waals surface area contributed by atoms with E-state index in [1.54, 1.807) is 0 Å². The quantitative estimate of drug-likeness (QED) is 0.904. The molecule has 0 bridgehead atoms. The van der Waals surface area contributed by atoms with Gasteiger partial charge in [0.2, 0.25) is 0 Å². The van der Waals surface area contributed by atoms with Crippen molar-refractivity contribution in [1.29, 1.82) is 0 Å². The molecule has 0 unspecified atom stereocenters. The van der Waals surface area contributed by atoms with Gasteiger partial charge in [0.1, 0.15) is 12.4 Å². The molecule has 2 N–H and O–H groups in total. The lowest BCUT2D eigenvalue weighted by atomic mass is 10.1. The fraction of sp³-hybridized carbons (Fsp3) is 0.308. The van der Waals surface area contributed by atoms with E-state index in [9.17, 15) is 0 Å². The zero-order chi connectivity index (χ0) is 13.0. The summed E-state index contributed by atoms with van der Waals surface area (Å²) in [5.41, 5.74) is 7.43. The molecule has 18 heavy (non-hydrogen) atoms. The van der Waals surface area contributed by atoms with Crippen LogP contribution in [-0.4, -0.2) is 11.7 Å². The van der Waals surface area contributed by atoms with Crippen LogP contribution in [0.4, 0.5) is 0 Å². The summed E-state index contributed by atoms with van der Waals surface area (Å²) in [4.78, 5) is 0. The van der Waals surface area contributed by atoms with Crippen LogP contribution >= 0.6 is 11.6 Å². The summed E-state index contributed by atoms with van der Waals surface area (Å²) in [7, 11) is 0. The number of rotatable bonds is 5. The molecule has 0 amide bonds. The highest BCUT2D eigenvalue weighted by Crippen LogP contribution is 2.26. The van der Waals surface area contributed by atoms with Crippen molar-refractivity contribution >= 4 is 11.6 Å². The molecule has 0 spiro atoms. The normalized spacial score (nSPS) is 10.6. The summed E-state index contributed by atoms with van der Waals surface area (Å²) in [5.74, 6) is 1.31. The predicted molar refractivity (Wildman–Crippen MR) is 69.8 cm³/mol. The Morgan fingerprint density at radius 2 is 2.22 bits per heavy atom.